The average molecular weight is 227 g/mol. The zero-order valence-corrected chi connectivity index (χ0v) is 9.46. The van der Waals surface area contributed by atoms with Crippen molar-refractivity contribution in [3.05, 3.63) is 16.6 Å². The molecular formula is C10H17N3OS. The van der Waals surface area contributed by atoms with Crippen molar-refractivity contribution in [3.63, 3.8) is 0 Å². The molecule has 5 heteroatoms. The lowest BCUT2D eigenvalue weighted by Gasteiger charge is -2.24. The van der Waals surface area contributed by atoms with Crippen LogP contribution in [0.25, 0.3) is 0 Å². The van der Waals surface area contributed by atoms with Crippen LogP contribution in [0.4, 0.5) is 0 Å². The molecule has 1 atom stereocenters. The summed E-state index contributed by atoms with van der Waals surface area (Å²) >= 11 is 1.50. The van der Waals surface area contributed by atoms with Gasteiger partial charge in [-0.1, -0.05) is 0 Å². The Kier molecular flexibility index (Phi) is 4.08. The summed E-state index contributed by atoms with van der Waals surface area (Å²) in [6, 6.07) is 0.542. The molecule has 0 saturated carbocycles. The van der Waals surface area contributed by atoms with Gasteiger partial charge in [0.25, 0.3) is 0 Å². The molecule has 1 fully saturated rings. The van der Waals surface area contributed by atoms with Gasteiger partial charge in [-0.25, -0.2) is 4.98 Å². The highest BCUT2D eigenvalue weighted by molar-refractivity contribution is 7.09. The van der Waals surface area contributed by atoms with E-state index in [0.717, 1.165) is 30.9 Å². The summed E-state index contributed by atoms with van der Waals surface area (Å²) in [4.78, 5) is 4.10. The van der Waals surface area contributed by atoms with Gasteiger partial charge in [-0.05, 0) is 25.9 Å². The van der Waals surface area contributed by atoms with Crippen molar-refractivity contribution in [2.75, 3.05) is 19.6 Å². The Hall–Kier alpha value is -0.490. The Morgan fingerprint density at radius 3 is 3.07 bits per heavy atom. The first kappa shape index (κ1) is 11.0. The van der Waals surface area contributed by atoms with Crippen molar-refractivity contribution in [1.82, 2.24) is 15.6 Å². The highest BCUT2D eigenvalue weighted by atomic mass is 32.1. The Bertz CT molecular complexity index is 272. The lowest BCUT2D eigenvalue weighted by molar-refractivity contribution is 0.166. The molecule has 2 rings (SSSR count). The van der Waals surface area contributed by atoms with Crippen LogP contribution in [-0.4, -0.2) is 35.8 Å². The molecule has 84 valence electrons. The first-order chi connectivity index (χ1) is 7.36. The molecule has 0 radical (unpaired) electrons. The van der Waals surface area contributed by atoms with E-state index >= 15 is 0 Å². The standard InChI is InChI=1S/C10H17N3OS/c14-9(10-12-5-6-15-10)7-13-8-1-3-11-4-2-8/h5-6,8-9,11,13-14H,1-4,7H2. The number of aliphatic hydroxyl groups is 1. The van der Waals surface area contributed by atoms with Gasteiger partial charge in [-0.2, -0.15) is 0 Å². The maximum Gasteiger partial charge on any atom is 0.122 e. The molecule has 0 aromatic carbocycles. The largest absolute Gasteiger partial charge is 0.385 e. The van der Waals surface area contributed by atoms with Crippen LogP contribution in [0.2, 0.25) is 0 Å². The van der Waals surface area contributed by atoms with Gasteiger partial charge in [-0.15, -0.1) is 11.3 Å². The predicted molar refractivity (Wildman–Crippen MR) is 61.0 cm³/mol. The quantitative estimate of drug-likeness (QED) is 0.702. The lowest BCUT2D eigenvalue weighted by atomic mass is 10.1. The van der Waals surface area contributed by atoms with Crippen molar-refractivity contribution >= 4 is 11.3 Å². The first-order valence-corrected chi connectivity index (χ1v) is 6.26. The van der Waals surface area contributed by atoms with E-state index in [-0.39, 0.29) is 0 Å². The van der Waals surface area contributed by atoms with Crippen molar-refractivity contribution in [2.24, 2.45) is 0 Å². The van der Waals surface area contributed by atoms with E-state index in [0.29, 0.717) is 12.6 Å². The highest BCUT2D eigenvalue weighted by Gasteiger charge is 2.15. The van der Waals surface area contributed by atoms with Crippen molar-refractivity contribution < 1.29 is 5.11 Å². The third kappa shape index (κ3) is 3.24. The number of rotatable bonds is 4. The van der Waals surface area contributed by atoms with E-state index in [1.165, 1.54) is 11.3 Å². The first-order valence-electron chi connectivity index (χ1n) is 5.38. The second-order valence-corrected chi connectivity index (χ2v) is 4.74. The fraction of sp³-hybridized carbons (Fsp3) is 0.700. The van der Waals surface area contributed by atoms with E-state index in [2.05, 4.69) is 15.6 Å². The summed E-state index contributed by atoms with van der Waals surface area (Å²) in [5.41, 5.74) is 0. The van der Waals surface area contributed by atoms with E-state index in [9.17, 15) is 5.11 Å². The van der Waals surface area contributed by atoms with Crippen LogP contribution in [0, 0.1) is 0 Å². The number of thiazole rings is 1. The third-order valence-corrected chi connectivity index (χ3v) is 3.55. The molecule has 15 heavy (non-hydrogen) atoms. The van der Waals surface area contributed by atoms with Gasteiger partial charge in [0.15, 0.2) is 0 Å². The number of nitrogens with zero attached hydrogens (tertiary/aromatic N) is 1. The summed E-state index contributed by atoms with van der Waals surface area (Å²) in [7, 11) is 0. The van der Waals surface area contributed by atoms with E-state index < -0.39 is 6.10 Å². The van der Waals surface area contributed by atoms with Crippen LogP contribution < -0.4 is 10.6 Å². The van der Waals surface area contributed by atoms with Gasteiger partial charge in [0.05, 0.1) is 0 Å². The Morgan fingerprint density at radius 2 is 2.40 bits per heavy atom. The zero-order chi connectivity index (χ0) is 10.5. The van der Waals surface area contributed by atoms with Gasteiger partial charge in [0.2, 0.25) is 0 Å². The Morgan fingerprint density at radius 1 is 1.60 bits per heavy atom. The minimum atomic E-state index is -0.458. The van der Waals surface area contributed by atoms with Gasteiger partial charge >= 0.3 is 0 Å². The minimum absolute atomic E-state index is 0.458. The lowest BCUT2D eigenvalue weighted by Crippen LogP contribution is -2.41. The topological polar surface area (TPSA) is 57.2 Å². The van der Waals surface area contributed by atoms with Gasteiger partial charge in [-0.3, -0.25) is 0 Å². The summed E-state index contributed by atoms with van der Waals surface area (Å²) in [6.07, 6.45) is 3.56. The second-order valence-electron chi connectivity index (χ2n) is 3.82. The molecule has 0 amide bonds. The van der Waals surface area contributed by atoms with Gasteiger partial charge < -0.3 is 15.7 Å². The molecule has 0 spiro atoms. The maximum absolute atomic E-state index is 9.81. The Labute approximate surface area is 93.7 Å². The van der Waals surface area contributed by atoms with Gasteiger partial charge in [0, 0.05) is 24.2 Å². The Balaban J connectivity index is 1.73. The normalized spacial score (nSPS) is 20.3. The molecule has 1 unspecified atom stereocenters. The van der Waals surface area contributed by atoms with Crippen LogP contribution in [0.15, 0.2) is 11.6 Å². The number of nitrogens with one attached hydrogen (secondary N) is 2. The van der Waals surface area contributed by atoms with E-state index in [4.69, 9.17) is 0 Å². The smallest absolute Gasteiger partial charge is 0.122 e. The molecule has 1 aliphatic rings. The second kappa shape index (κ2) is 5.55. The number of aliphatic hydroxyl groups excluding tert-OH is 1. The fourth-order valence-corrected chi connectivity index (χ4v) is 2.41. The van der Waals surface area contributed by atoms with Crippen LogP contribution in [0.3, 0.4) is 0 Å². The number of piperidine rings is 1. The molecule has 4 nitrogen and oxygen atoms in total. The molecular weight excluding hydrogens is 210 g/mol. The fourth-order valence-electron chi connectivity index (χ4n) is 1.79. The van der Waals surface area contributed by atoms with Crippen molar-refractivity contribution in [2.45, 2.75) is 25.0 Å². The van der Waals surface area contributed by atoms with E-state index in [1.54, 1.807) is 6.20 Å². The molecule has 1 aliphatic heterocycles. The summed E-state index contributed by atoms with van der Waals surface area (Å²) in [5.74, 6) is 0. The van der Waals surface area contributed by atoms with E-state index in [1.807, 2.05) is 5.38 Å². The number of aromatic nitrogens is 1. The predicted octanol–water partition coefficient (Wildman–Crippen LogP) is 0.518. The molecule has 1 aromatic rings. The maximum atomic E-state index is 9.81. The number of hydrogen-bond donors (Lipinski definition) is 3. The molecule has 0 aliphatic carbocycles. The van der Waals surface area contributed by atoms with Crippen LogP contribution in [0.1, 0.15) is 24.0 Å². The van der Waals surface area contributed by atoms with Crippen molar-refractivity contribution in [1.29, 1.82) is 0 Å². The highest BCUT2D eigenvalue weighted by Crippen LogP contribution is 2.14. The van der Waals surface area contributed by atoms with Crippen LogP contribution in [-0.2, 0) is 0 Å². The summed E-state index contributed by atoms with van der Waals surface area (Å²) < 4.78 is 0. The minimum Gasteiger partial charge on any atom is -0.385 e. The van der Waals surface area contributed by atoms with Crippen LogP contribution in [0.5, 0.6) is 0 Å². The average Bonchev–Trinajstić information content (AvgIpc) is 2.81. The molecule has 3 N–H and O–H groups in total. The molecule has 0 bridgehead atoms. The molecule has 2 heterocycles. The molecule has 1 aromatic heterocycles. The van der Waals surface area contributed by atoms with Gasteiger partial charge in [0.1, 0.15) is 11.1 Å². The summed E-state index contributed by atoms with van der Waals surface area (Å²) in [5, 5.41) is 19.2. The third-order valence-electron chi connectivity index (χ3n) is 2.68. The van der Waals surface area contributed by atoms with Crippen molar-refractivity contribution in [3.8, 4) is 0 Å². The zero-order valence-electron chi connectivity index (χ0n) is 8.65. The molecule has 1 saturated heterocycles. The number of hydrogen-bond acceptors (Lipinski definition) is 5. The SMILES string of the molecule is OC(CNC1CCNCC1)c1nccs1. The summed E-state index contributed by atoms with van der Waals surface area (Å²) in [6.45, 7) is 2.76. The monoisotopic (exact) mass is 227 g/mol. The van der Waals surface area contributed by atoms with Crippen LogP contribution >= 0.6 is 11.3 Å².